The standard InChI is InChI=1S/C20H17N5O3/c1-27-15-6-2-4-13(8-15)17-9-18(24-23-17)20(26)25-11-16(12-25)28-19-14(10-21)5-3-7-22-19/h2-9,16H,11-12H2,1H3,(H,23,24). The van der Waals surface area contributed by atoms with E-state index in [4.69, 9.17) is 14.7 Å². The highest BCUT2D eigenvalue weighted by Gasteiger charge is 2.34. The Morgan fingerprint density at radius 2 is 2.14 bits per heavy atom. The largest absolute Gasteiger partial charge is 0.497 e. The van der Waals surface area contributed by atoms with Crippen molar-refractivity contribution in [3.63, 3.8) is 0 Å². The Labute approximate surface area is 161 Å². The zero-order valence-electron chi connectivity index (χ0n) is 15.1. The van der Waals surface area contributed by atoms with Crippen molar-refractivity contribution in [2.45, 2.75) is 6.10 Å². The molecule has 0 unspecified atom stereocenters. The second-order valence-corrected chi connectivity index (χ2v) is 6.32. The van der Waals surface area contributed by atoms with Crippen LogP contribution in [0, 0.1) is 11.3 Å². The molecule has 1 amide bonds. The molecule has 0 atom stereocenters. The lowest BCUT2D eigenvalue weighted by Crippen LogP contribution is -2.56. The van der Waals surface area contributed by atoms with Gasteiger partial charge in [-0.05, 0) is 30.3 Å². The average molecular weight is 375 g/mol. The average Bonchev–Trinajstić information content (AvgIpc) is 3.20. The molecule has 1 aliphatic heterocycles. The van der Waals surface area contributed by atoms with Gasteiger partial charge >= 0.3 is 0 Å². The van der Waals surface area contributed by atoms with Gasteiger partial charge in [-0.2, -0.15) is 10.4 Å². The fraction of sp³-hybridized carbons (Fsp3) is 0.200. The first kappa shape index (κ1) is 17.5. The van der Waals surface area contributed by atoms with Gasteiger partial charge in [0.25, 0.3) is 5.91 Å². The van der Waals surface area contributed by atoms with Gasteiger partial charge in [0.15, 0.2) is 0 Å². The molecule has 3 aromatic rings. The number of carbonyl (C=O) groups is 1. The third-order valence-electron chi connectivity index (χ3n) is 4.48. The maximum Gasteiger partial charge on any atom is 0.272 e. The Morgan fingerprint density at radius 3 is 2.93 bits per heavy atom. The molecule has 1 N–H and O–H groups in total. The van der Waals surface area contributed by atoms with Gasteiger partial charge in [0.05, 0.1) is 25.9 Å². The van der Waals surface area contributed by atoms with E-state index in [2.05, 4.69) is 15.2 Å². The second-order valence-electron chi connectivity index (χ2n) is 6.32. The van der Waals surface area contributed by atoms with Crippen LogP contribution in [0.4, 0.5) is 0 Å². The number of aromatic nitrogens is 3. The molecular weight excluding hydrogens is 358 g/mol. The number of hydrogen-bond donors (Lipinski definition) is 1. The van der Waals surface area contributed by atoms with Crippen molar-refractivity contribution in [1.82, 2.24) is 20.1 Å². The number of pyridine rings is 1. The molecule has 140 valence electrons. The van der Waals surface area contributed by atoms with Crippen molar-refractivity contribution in [2.75, 3.05) is 20.2 Å². The summed E-state index contributed by atoms with van der Waals surface area (Å²) in [6, 6.07) is 14.6. The minimum Gasteiger partial charge on any atom is -0.497 e. The quantitative estimate of drug-likeness (QED) is 0.733. The normalized spacial score (nSPS) is 13.5. The van der Waals surface area contributed by atoms with Gasteiger partial charge in [0.2, 0.25) is 5.88 Å². The maximum atomic E-state index is 12.6. The van der Waals surface area contributed by atoms with E-state index in [0.29, 0.717) is 35.9 Å². The van der Waals surface area contributed by atoms with Gasteiger partial charge in [0, 0.05) is 11.8 Å². The Morgan fingerprint density at radius 1 is 1.29 bits per heavy atom. The van der Waals surface area contributed by atoms with E-state index >= 15 is 0 Å². The molecule has 0 saturated carbocycles. The fourth-order valence-electron chi connectivity index (χ4n) is 2.94. The van der Waals surface area contributed by atoms with E-state index in [1.807, 2.05) is 30.3 Å². The van der Waals surface area contributed by atoms with E-state index in [-0.39, 0.29) is 12.0 Å². The Hall–Kier alpha value is -3.86. The first-order chi connectivity index (χ1) is 13.7. The summed E-state index contributed by atoms with van der Waals surface area (Å²) in [4.78, 5) is 18.4. The molecule has 1 aromatic carbocycles. The molecule has 28 heavy (non-hydrogen) atoms. The van der Waals surface area contributed by atoms with E-state index in [9.17, 15) is 4.79 Å². The van der Waals surface area contributed by atoms with Crippen LogP contribution >= 0.6 is 0 Å². The lowest BCUT2D eigenvalue weighted by molar-refractivity contribution is 0.0154. The third-order valence-corrected chi connectivity index (χ3v) is 4.48. The second kappa shape index (κ2) is 7.40. The van der Waals surface area contributed by atoms with Crippen LogP contribution in [-0.4, -0.2) is 52.3 Å². The number of rotatable bonds is 5. The number of amides is 1. The predicted octanol–water partition coefficient (Wildman–Crippen LogP) is 2.26. The minimum atomic E-state index is -0.188. The Kier molecular flexibility index (Phi) is 4.64. The molecule has 8 heteroatoms. The number of carbonyl (C=O) groups excluding carboxylic acids is 1. The summed E-state index contributed by atoms with van der Waals surface area (Å²) >= 11 is 0. The van der Waals surface area contributed by atoms with E-state index < -0.39 is 0 Å². The zero-order valence-corrected chi connectivity index (χ0v) is 15.1. The predicted molar refractivity (Wildman–Crippen MR) is 99.8 cm³/mol. The monoisotopic (exact) mass is 375 g/mol. The molecule has 0 radical (unpaired) electrons. The van der Waals surface area contributed by atoms with Crippen LogP contribution in [-0.2, 0) is 0 Å². The van der Waals surface area contributed by atoms with Crippen molar-refractivity contribution in [3.05, 3.63) is 59.9 Å². The first-order valence-electron chi connectivity index (χ1n) is 8.69. The molecule has 1 fully saturated rings. The number of nitriles is 1. The molecule has 0 bridgehead atoms. The molecule has 0 aliphatic carbocycles. The van der Waals surface area contributed by atoms with E-state index in [1.54, 1.807) is 36.4 Å². The summed E-state index contributed by atoms with van der Waals surface area (Å²) < 4.78 is 10.9. The summed E-state index contributed by atoms with van der Waals surface area (Å²) in [5.74, 6) is 0.870. The van der Waals surface area contributed by atoms with Gasteiger partial charge in [-0.3, -0.25) is 9.89 Å². The molecule has 4 rings (SSSR count). The van der Waals surface area contributed by atoms with Crippen LogP contribution in [0.25, 0.3) is 11.3 Å². The van der Waals surface area contributed by atoms with Crippen LogP contribution in [0.2, 0.25) is 0 Å². The third kappa shape index (κ3) is 3.38. The Bertz CT molecular complexity index is 1050. The topological polar surface area (TPSA) is 104 Å². The lowest BCUT2D eigenvalue weighted by Gasteiger charge is -2.38. The lowest BCUT2D eigenvalue weighted by atomic mass is 10.1. The SMILES string of the molecule is COc1cccc(-c2cc(C(=O)N3CC(Oc4ncccc4C#N)C3)[nH]n2)c1. The van der Waals surface area contributed by atoms with Crippen molar-refractivity contribution < 1.29 is 14.3 Å². The van der Waals surface area contributed by atoms with Crippen molar-refractivity contribution in [2.24, 2.45) is 0 Å². The Balaban J connectivity index is 1.39. The highest BCUT2D eigenvalue weighted by Crippen LogP contribution is 2.24. The van der Waals surface area contributed by atoms with Crippen LogP contribution in [0.1, 0.15) is 16.1 Å². The zero-order chi connectivity index (χ0) is 19.5. The highest BCUT2D eigenvalue weighted by atomic mass is 16.5. The van der Waals surface area contributed by atoms with Crippen molar-refractivity contribution in [1.29, 1.82) is 5.26 Å². The van der Waals surface area contributed by atoms with Crippen molar-refractivity contribution >= 4 is 5.91 Å². The minimum absolute atomic E-state index is 0.150. The molecule has 1 saturated heterocycles. The number of hydrogen-bond acceptors (Lipinski definition) is 6. The van der Waals surface area contributed by atoms with Gasteiger partial charge in [0.1, 0.15) is 29.2 Å². The molecule has 1 aliphatic rings. The molecule has 0 spiro atoms. The van der Waals surface area contributed by atoms with Crippen LogP contribution < -0.4 is 9.47 Å². The number of nitrogens with zero attached hydrogens (tertiary/aromatic N) is 4. The summed E-state index contributed by atoms with van der Waals surface area (Å²) in [7, 11) is 1.60. The maximum absolute atomic E-state index is 12.6. The van der Waals surface area contributed by atoms with Crippen LogP contribution in [0.5, 0.6) is 11.6 Å². The number of benzene rings is 1. The van der Waals surface area contributed by atoms with Gasteiger partial charge in [-0.15, -0.1) is 0 Å². The molecule has 2 aromatic heterocycles. The van der Waals surface area contributed by atoms with Gasteiger partial charge < -0.3 is 14.4 Å². The number of nitrogens with one attached hydrogen (secondary N) is 1. The molecule has 3 heterocycles. The van der Waals surface area contributed by atoms with Crippen LogP contribution in [0.3, 0.4) is 0 Å². The highest BCUT2D eigenvalue weighted by molar-refractivity contribution is 5.94. The fourth-order valence-corrected chi connectivity index (χ4v) is 2.94. The summed E-state index contributed by atoms with van der Waals surface area (Å²) in [6.45, 7) is 0.849. The van der Waals surface area contributed by atoms with Gasteiger partial charge in [-0.25, -0.2) is 4.98 Å². The van der Waals surface area contributed by atoms with Crippen LogP contribution in [0.15, 0.2) is 48.7 Å². The van der Waals surface area contributed by atoms with Gasteiger partial charge in [-0.1, -0.05) is 12.1 Å². The van der Waals surface area contributed by atoms with Crippen molar-refractivity contribution in [3.8, 4) is 29.0 Å². The first-order valence-corrected chi connectivity index (χ1v) is 8.69. The number of H-pyrrole nitrogens is 1. The smallest absolute Gasteiger partial charge is 0.272 e. The number of likely N-dealkylation sites (tertiary alicyclic amines) is 1. The summed E-state index contributed by atoms with van der Waals surface area (Å²) in [5, 5.41) is 16.1. The molecule has 8 nitrogen and oxygen atoms in total. The van der Waals surface area contributed by atoms with E-state index in [1.165, 1.54) is 0 Å². The summed E-state index contributed by atoms with van der Waals surface area (Å²) in [6.07, 6.45) is 1.38. The molecular formula is C20H17N5O3. The number of aromatic amines is 1. The van der Waals surface area contributed by atoms with E-state index in [0.717, 1.165) is 11.3 Å². The number of methoxy groups -OCH3 is 1. The summed E-state index contributed by atoms with van der Waals surface area (Å²) in [5.41, 5.74) is 2.32. The number of ether oxygens (including phenoxy) is 2.